The summed E-state index contributed by atoms with van der Waals surface area (Å²) in [6.45, 7) is 1.88. The number of hydrogen-bond acceptors (Lipinski definition) is 6. The van der Waals surface area contributed by atoms with Crippen LogP contribution >= 0.6 is 11.6 Å². The highest BCUT2D eigenvalue weighted by Crippen LogP contribution is 2.23. The molecular formula is C20H24ClN3O4. The molecule has 1 aliphatic carbocycles. The molecule has 1 saturated carbocycles. The van der Waals surface area contributed by atoms with Gasteiger partial charge in [-0.1, -0.05) is 36.5 Å². The number of carbonyl (C=O) groups excluding carboxylic acids is 2. The molecule has 0 aliphatic heterocycles. The number of esters is 1. The molecule has 0 saturated heterocycles. The molecule has 1 heterocycles. The van der Waals surface area contributed by atoms with E-state index in [4.69, 9.17) is 20.9 Å². The van der Waals surface area contributed by atoms with Crippen molar-refractivity contribution in [2.75, 3.05) is 6.61 Å². The van der Waals surface area contributed by atoms with Crippen LogP contribution in [0.1, 0.15) is 44.9 Å². The molecule has 1 aliphatic rings. The molecule has 0 spiro atoms. The third kappa shape index (κ3) is 5.79. The zero-order valence-corrected chi connectivity index (χ0v) is 16.6. The number of aromatic nitrogens is 2. The predicted molar refractivity (Wildman–Crippen MR) is 104 cm³/mol. The van der Waals surface area contributed by atoms with Crippen LogP contribution in [0.2, 0.25) is 5.02 Å². The average molecular weight is 406 g/mol. The zero-order valence-electron chi connectivity index (χ0n) is 15.8. The number of nitrogens with zero attached hydrogens (tertiary/aromatic N) is 2. The Labute approximate surface area is 168 Å². The monoisotopic (exact) mass is 405 g/mol. The molecular weight excluding hydrogens is 382 g/mol. The normalized spacial score (nSPS) is 19.2. The molecule has 28 heavy (non-hydrogen) atoms. The van der Waals surface area contributed by atoms with E-state index in [9.17, 15) is 9.59 Å². The summed E-state index contributed by atoms with van der Waals surface area (Å²) in [4.78, 5) is 28.1. The van der Waals surface area contributed by atoms with Crippen molar-refractivity contribution in [3.8, 4) is 11.4 Å². The largest absolute Gasteiger partial charge is 0.456 e. The maximum absolute atomic E-state index is 12.0. The molecule has 150 valence electrons. The first-order valence-electron chi connectivity index (χ1n) is 9.55. The smallest absolute Gasteiger partial charge is 0.306 e. The number of carbonyl (C=O) groups is 2. The summed E-state index contributed by atoms with van der Waals surface area (Å²) in [6, 6.07) is 7.23. The minimum absolute atomic E-state index is 0.0648. The maximum Gasteiger partial charge on any atom is 0.306 e. The molecule has 0 unspecified atom stereocenters. The van der Waals surface area contributed by atoms with Crippen LogP contribution in [0, 0.1) is 5.92 Å². The molecule has 2 aromatic rings. The van der Waals surface area contributed by atoms with Gasteiger partial charge in [-0.05, 0) is 43.0 Å². The van der Waals surface area contributed by atoms with Gasteiger partial charge >= 0.3 is 5.97 Å². The lowest BCUT2D eigenvalue weighted by Crippen LogP contribution is -2.42. The highest BCUT2D eigenvalue weighted by atomic mass is 35.5. The lowest BCUT2D eigenvalue weighted by molar-refractivity contribution is -0.148. The molecule has 0 bridgehead atoms. The Morgan fingerprint density at radius 3 is 2.75 bits per heavy atom. The number of halogens is 1. The van der Waals surface area contributed by atoms with E-state index in [1.165, 1.54) is 6.42 Å². The number of nitrogens with one attached hydrogen (secondary N) is 1. The fourth-order valence-electron chi connectivity index (χ4n) is 3.28. The molecule has 1 amide bonds. The lowest BCUT2D eigenvalue weighted by atomic mass is 9.86. The lowest BCUT2D eigenvalue weighted by Gasteiger charge is -2.29. The number of ether oxygens (including phenoxy) is 1. The maximum atomic E-state index is 12.0. The van der Waals surface area contributed by atoms with Gasteiger partial charge < -0.3 is 14.6 Å². The van der Waals surface area contributed by atoms with E-state index in [0.29, 0.717) is 22.7 Å². The van der Waals surface area contributed by atoms with E-state index in [1.54, 1.807) is 24.3 Å². The first-order chi connectivity index (χ1) is 13.5. The molecule has 2 atom stereocenters. The second-order valence-electron chi connectivity index (χ2n) is 7.12. The Hall–Kier alpha value is -2.41. The molecule has 0 radical (unpaired) electrons. The van der Waals surface area contributed by atoms with Gasteiger partial charge in [0.2, 0.25) is 11.7 Å². The molecule has 1 aromatic carbocycles. The minimum atomic E-state index is -0.474. The van der Waals surface area contributed by atoms with E-state index < -0.39 is 5.97 Å². The standard InChI is InChI=1S/C20H24ClN3O4/c1-13-4-2-3-5-16(13)22-17(25)12-27-19(26)11-10-18-23-20(24-28-18)14-6-8-15(21)9-7-14/h6-9,13,16H,2-5,10-12H2,1H3,(H,22,25)/t13-,16-/m0/s1. The predicted octanol–water partition coefficient (Wildman–Crippen LogP) is 3.56. The van der Waals surface area contributed by atoms with Crippen LogP contribution in [-0.4, -0.2) is 34.7 Å². The van der Waals surface area contributed by atoms with Crippen molar-refractivity contribution in [2.45, 2.75) is 51.5 Å². The van der Waals surface area contributed by atoms with Crippen LogP contribution < -0.4 is 5.32 Å². The van der Waals surface area contributed by atoms with E-state index in [1.807, 2.05) is 0 Å². The van der Waals surface area contributed by atoms with Crippen molar-refractivity contribution >= 4 is 23.5 Å². The van der Waals surface area contributed by atoms with Crippen LogP contribution in [0.25, 0.3) is 11.4 Å². The first kappa shape index (κ1) is 20.3. The van der Waals surface area contributed by atoms with Crippen LogP contribution in [-0.2, 0) is 20.7 Å². The van der Waals surface area contributed by atoms with Crippen molar-refractivity contribution in [1.82, 2.24) is 15.5 Å². The van der Waals surface area contributed by atoms with Crippen LogP contribution in [0.4, 0.5) is 0 Å². The number of rotatable bonds is 7. The topological polar surface area (TPSA) is 94.3 Å². The van der Waals surface area contributed by atoms with Crippen LogP contribution in [0.15, 0.2) is 28.8 Å². The fraction of sp³-hybridized carbons (Fsp3) is 0.500. The summed E-state index contributed by atoms with van der Waals surface area (Å²) in [5.74, 6) is 0.497. The van der Waals surface area contributed by atoms with Crippen LogP contribution in [0.5, 0.6) is 0 Å². The van der Waals surface area contributed by atoms with Gasteiger partial charge in [-0.15, -0.1) is 0 Å². The number of benzene rings is 1. The minimum Gasteiger partial charge on any atom is -0.456 e. The summed E-state index contributed by atoms with van der Waals surface area (Å²) in [5, 5.41) is 7.47. The third-order valence-electron chi connectivity index (χ3n) is 4.94. The van der Waals surface area contributed by atoms with Gasteiger partial charge in [0.05, 0.1) is 6.42 Å². The number of hydrogen-bond donors (Lipinski definition) is 1. The Kier molecular flexibility index (Phi) is 7.03. The summed E-state index contributed by atoms with van der Waals surface area (Å²) < 4.78 is 10.2. The van der Waals surface area contributed by atoms with Gasteiger partial charge in [0.15, 0.2) is 6.61 Å². The van der Waals surface area contributed by atoms with Crippen molar-refractivity contribution in [3.63, 3.8) is 0 Å². The van der Waals surface area contributed by atoms with Crippen LogP contribution in [0.3, 0.4) is 0 Å². The summed E-state index contributed by atoms with van der Waals surface area (Å²) >= 11 is 5.86. The highest BCUT2D eigenvalue weighted by Gasteiger charge is 2.23. The van der Waals surface area contributed by atoms with Gasteiger partial charge in [0.1, 0.15) is 0 Å². The average Bonchev–Trinajstić information content (AvgIpc) is 3.16. The molecule has 8 heteroatoms. The highest BCUT2D eigenvalue weighted by molar-refractivity contribution is 6.30. The molecule has 7 nitrogen and oxygen atoms in total. The quantitative estimate of drug-likeness (QED) is 0.708. The SMILES string of the molecule is C[C@H]1CCCC[C@@H]1NC(=O)COC(=O)CCc1nc(-c2ccc(Cl)cc2)no1. The van der Waals surface area contributed by atoms with Crippen molar-refractivity contribution in [1.29, 1.82) is 0 Å². The van der Waals surface area contributed by atoms with Gasteiger partial charge in [-0.2, -0.15) is 4.98 Å². The number of amides is 1. The van der Waals surface area contributed by atoms with E-state index in [-0.39, 0.29) is 31.4 Å². The Balaban J connectivity index is 1.39. The van der Waals surface area contributed by atoms with Gasteiger partial charge in [0, 0.05) is 23.0 Å². The van der Waals surface area contributed by atoms with E-state index >= 15 is 0 Å². The molecule has 1 aromatic heterocycles. The van der Waals surface area contributed by atoms with E-state index in [2.05, 4.69) is 22.4 Å². The fourth-order valence-corrected chi connectivity index (χ4v) is 3.40. The van der Waals surface area contributed by atoms with Gasteiger partial charge in [-0.25, -0.2) is 0 Å². The summed E-state index contributed by atoms with van der Waals surface area (Å²) in [5.41, 5.74) is 0.774. The molecule has 1 fully saturated rings. The molecule has 1 N–H and O–H groups in total. The Morgan fingerprint density at radius 1 is 1.25 bits per heavy atom. The number of aryl methyl sites for hydroxylation is 1. The van der Waals surface area contributed by atoms with Gasteiger partial charge in [0.25, 0.3) is 5.91 Å². The summed E-state index contributed by atoms with van der Waals surface area (Å²) in [6.07, 6.45) is 4.74. The summed E-state index contributed by atoms with van der Waals surface area (Å²) in [7, 11) is 0. The second kappa shape index (κ2) is 9.68. The van der Waals surface area contributed by atoms with Gasteiger partial charge in [-0.3, -0.25) is 9.59 Å². The molecule has 3 rings (SSSR count). The first-order valence-corrected chi connectivity index (χ1v) is 9.92. The Morgan fingerprint density at radius 2 is 2.00 bits per heavy atom. The third-order valence-corrected chi connectivity index (χ3v) is 5.19. The zero-order chi connectivity index (χ0) is 19.9. The van der Waals surface area contributed by atoms with E-state index in [0.717, 1.165) is 24.8 Å². The van der Waals surface area contributed by atoms with Crippen molar-refractivity contribution in [3.05, 3.63) is 35.2 Å². The van der Waals surface area contributed by atoms with Crippen molar-refractivity contribution in [2.24, 2.45) is 5.92 Å². The Bertz CT molecular complexity index is 806. The second-order valence-corrected chi connectivity index (χ2v) is 7.55. The van der Waals surface area contributed by atoms with Crippen molar-refractivity contribution < 1.29 is 18.8 Å².